The van der Waals surface area contributed by atoms with Crippen molar-refractivity contribution in [3.8, 4) is 0 Å². The molecular weight excluding hydrogens is 298 g/mol. The average molecular weight is 317 g/mol. The molecule has 118 valence electrons. The van der Waals surface area contributed by atoms with Gasteiger partial charge in [0.1, 0.15) is 0 Å². The minimum Gasteiger partial charge on any atom is -0.348 e. The van der Waals surface area contributed by atoms with Gasteiger partial charge in [-0.25, -0.2) is 4.98 Å². The smallest absolute Gasteiger partial charge is 0.348 e. The summed E-state index contributed by atoms with van der Waals surface area (Å²) < 4.78 is 31.6. The lowest BCUT2D eigenvalue weighted by atomic mass is 9.89. The van der Waals surface area contributed by atoms with E-state index in [4.69, 9.17) is 17.5 Å². The third-order valence-electron chi connectivity index (χ3n) is 3.75. The van der Waals surface area contributed by atoms with Crippen LogP contribution in [0.3, 0.4) is 0 Å². The molecule has 1 amide bonds. The molecule has 1 fully saturated rings. The van der Waals surface area contributed by atoms with Gasteiger partial charge in [0.15, 0.2) is 0 Å². The minimum atomic E-state index is -4.67. The summed E-state index contributed by atoms with van der Waals surface area (Å²) in [4.78, 5) is 21.7. The van der Waals surface area contributed by atoms with Crippen LogP contribution in [0, 0.1) is 5.92 Å². The van der Waals surface area contributed by atoms with Crippen molar-refractivity contribution in [2.45, 2.75) is 32.1 Å². The number of carbonyl (C=O) groups is 1. The zero-order chi connectivity index (χ0) is 15.5. The number of nitrogens with zero attached hydrogens (tertiary/aromatic N) is 2. The van der Waals surface area contributed by atoms with Gasteiger partial charge in [0.25, 0.3) is 0 Å². The predicted molar refractivity (Wildman–Crippen MR) is 74.1 cm³/mol. The Kier molecular flexibility index (Phi) is 4.96. The second kappa shape index (κ2) is 6.54. The Morgan fingerprint density at radius 2 is 1.95 bits per heavy atom. The summed E-state index contributed by atoms with van der Waals surface area (Å²) in [6.07, 6.45) is 6.86. The third kappa shape index (κ3) is 4.80. The van der Waals surface area contributed by atoms with Crippen LogP contribution in [-0.2, 0) is 28.0 Å². The fourth-order valence-corrected chi connectivity index (χ4v) is 2.81. The molecule has 1 saturated heterocycles. The van der Waals surface area contributed by atoms with E-state index >= 15 is 0 Å². The molecule has 0 saturated carbocycles. The lowest BCUT2D eigenvalue weighted by Gasteiger charge is -2.25. The zero-order valence-electron chi connectivity index (χ0n) is 11.5. The van der Waals surface area contributed by atoms with Crippen molar-refractivity contribution in [3.05, 3.63) is 17.7 Å². The number of hydrogen-bond acceptors (Lipinski definition) is 4. The van der Waals surface area contributed by atoms with Gasteiger partial charge in [-0.15, -0.1) is 0 Å². The maximum absolute atomic E-state index is 12.2. The van der Waals surface area contributed by atoms with Crippen LogP contribution in [-0.4, -0.2) is 51.4 Å². The first kappa shape index (κ1) is 15.9. The number of hydrogen-bond donors (Lipinski definition) is 3. The van der Waals surface area contributed by atoms with Crippen LogP contribution in [0.25, 0.3) is 0 Å². The summed E-state index contributed by atoms with van der Waals surface area (Å²) >= 11 is 0. The Balaban J connectivity index is 0.000000282. The summed E-state index contributed by atoms with van der Waals surface area (Å²) in [6, 6.07) is 0. The Morgan fingerprint density at radius 1 is 1.33 bits per heavy atom. The lowest BCUT2D eigenvalue weighted by molar-refractivity contribution is -0.134. The molecule has 9 heteroatoms. The van der Waals surface area contributed by atoms with E-state index in [1.54, 1.807) is 6.33 Å². The second-order valence-corrected chi connectivity index (χ2v) is 6.14. The molecule has 0 spiro atoms. The van der Waals surface area contributed by atoms with Crippen molar-refractivity contribution < 1.29 is 22.3 Å². The van der Waals surface area contributed by atoms with E-state index in [2.05, 4.69) is 9.97 Å². The lowest BCUT2D eigenvalue weighted by Crippen LogP contribution is -2.36. The van der Waals surface area contributed by atoms with E-state index in [0.29, 0.717) is 5.91 Å². The SMILES string of the molecule is O=C(C1CCc2nc[nH]c2C1)N1CCCC1.O=S(=O)(O)O. The number of likely N-dealkylation sites (tertiary alicyclic amines) is 1. The molecule has 0 aromatic carbocycles. The van der Waals surface area contributed by atoms with Crippen molar-refractivity contribution in [1.29, 1.82) is 0 Å². The van der Waals surface area contributed by atoms with Crippen LogP contribution < -0.4 is 0 Å². The Bertz CT molecular complexity index is 584. The molecule has 1 aliphatic carbocycles. The van der Waals surface area contributed by atoms with Gasteiger partial charge in [-0.1, -0.05) is 0 Å². The van der Waals surface area contributed by atoms with Crippen molar-refractivity contribution in [2.24, 2.45) is 5.92 Å². The van der Waals surface area contributed by atoms with Crippen LogP contribution in [0.15, 0.2) is 6.33 Å². The predicted octanol–water partition coefficient (Wildman–Crippen LogP) is 0.484. The molecule has 3 N–H and O–H groups in total. The maximum Gasteiger partial charge on any atom is 0.394 e. The number of imidazole rings is 1. The second-order valence-electron chi connectivity index (χ2n) is 5.25. The van der Waals surface area contributed by atoms with Gasteiger partial charge in [0, 0.05) is 31.1 Å². The largest absolute Gasteiger partial charge is 0.394 e. The number of aromatic nitrogens is 2. The van der Waals surface area contributed by atoms with Crippen molar-refractivity contribution in [1.82, 2.24) is 14.9 Å². The topological polar surface area (TPSA) is 124 Å². The number of H-pyrrole nitrogens is 1. The van der Waals surface area contributed by atoms with E-state index in [-0.39, 0.29) is 5.92 Å². The number of aryl methyl sites for hydroxylation is 1. The minimum absolute atomic E-state index is 0.186. The van der Waals surface area contributed by atoms with E-state index < -0.39 is 10.4 Å². The van der Waals surface area contributed by atoms with E-state index in [9.17, 15) is 4.79 Å². The Labute approximate surface area is 123 Å². The highest BCUT2D eigenvalue weighted by atomic mass is 32.3. The normalized spacial score (nSPS) is 21.4. The highest BCUT2D eigenvalue weighted by molar-refractivity contribution is 7.79. The molecule has 1 unspecified atom stereocenters. The number of carbonyl (C=O) groups excluding carboxylic acids is 1. The monoisotopic (exact) mass is 317 g/mol. The van der Waals surface area contributed by atoms with Crippen LogP contribution >= 0.6 is 0 Å². The Hall–Kier alpha value is -1.45. The van der Waals surface area contributed by atoms with Crippen molar-refractivity contribution in [2.75, 3.05) is 13.1 Å². The van der Waals surface area contributed by atoms with Gasteiger partial charge in [-0.05, 0) is 25.7 Å². The number of aromatic amines is 1. The number of rotatable bonds is 1. The van der Waals surface area contributed by atoms with Gasteiger partial charge in [0.05, 0.1) is 12.0 Å². The van der Waals surface area contributed by atoms with Crippen LogP contribution in [0.2, 0.25) is 0 Å². The fraction of sp³-hybridized carbons (Fsp3) is 0.667. The Morgan fingerprint density at radius 3 is 2.57 bits per heavy atom. The first-order chi connectivity index (χ1) is 9.84. The van der Waals surface area contributed by atoms with Gasteiger partial charge in [0.2, 0.25) is 5.91 Å². The highest BCUT2D eigenvalue weighted by Gasteiger charge is 2.30. The molecular formula is C12H19N3O5S. The summed E-state index contributed by atoms with van der Waals surface area (Å²) in [6.45, 7) is 1.93. The molecule has 0 bridgehead atoms. The highest BCUT2D eigenvalue weighted by Crippen LogP contribution is 2.25. The molecule has 3 rings (SSSR count). The number of nitrogens with one attached hydrogen (secondary N) is 1. The molecule has 2 heterocycles. The standard InChI is InChI=1S/C12H17N3O.H2O4S/c16-12(15-5-1-2-6-15)9-3-4-10-11(7-9)14-8-13-10;1-5(2,3)4/h8-9H,1-7H2,(H,13,14);(H2,1,2,3,4). The molecule has 8 nitrogen and oxygen atoms in total. The molecule has 1 aromatic heterocycles. The zero-order valence-corrected chi connectivity index (χ0v) is 12.3. The van der Waals surface area contributed by atoms with Gasteiger partial charge >= 0.3 is 10.4 Å². The van der Waals surface area contributed by atoms with E-state index in [0.717, 1.165) is 38.0 Å². The van der Waals surface area contributed by atoms with E-state index in [1.807, 2.05) is 4.90 Å². The van der Waals surface area contributed by atoms with E-state index in [1.165, 1.54) is 18.5 Å². The molecule has 0 radical (unpaired) electrons. The maximum atomic E-state index is 12.2. The quantitative estimate of drug-likeness (QED) is 0.647. The summed E-state index contributed by atoms with van der Waals surface area (Å²) in [5.41, 5.74) is 2.33. The molecule has 2 aliphatic rings. The van der Waals surface area contributed by atoms with Crippen molar-refractivity contribution >= 4 is 16.3 Å². The average Bonchev–Trinajstić information content (AvgIpc) is 3.06. The molecule has 21 heavy (non-hydrogen) atoms. The first-order valence-corrected chi connectivity index (χ1v) is 8.24. The number of amides is 1. The van der Waals surface area contributed by atoms with Crippen LogP contribution in [0.4, 0.5) is 0 Å². The van der Waals surface area contributed by atoms with Crippen LogP contribution in [0.1, 0.15) is 30.7 Å². The summed E-state index contributed by atoms with van der Waals surface area (Å²) in [5.74, 6) is 0.545. The van der Waals surface area contributed by atoms with Gasteiger partial charge in [-0.2, -0.15) is 8.42 Å². The third-order valence-corrected chi connectivity index (χ3v) is 3.75. The van der Waals surface area contributed by atoms with Gasteiger partial charge < -0.3 is 9.88 Å². The molecule has 1 aliphatic heterocycles. The van der Waals surface area contributed by atoms with Crippen molar-refractivity contribution in [3.63, 3.8) is 0 Å². The van der Waals surface area contributed by atoms with Gasteiger partial charge in [-0.3, -0.25) is 13.9 Å². The van der Waals surface area contributed by atoms with Crippen LogP contribution in [0.5, 0.6) is 0 Å². The summed E-state index contributed by atoms with van der Waals surface area (Å²) in [5, 5.41) is 0. The molecule has 1 aromatic rings. The number of fused-ring (bicyclic) bond motifs is 1. The fourth-order valence-electron chi connectivity index (χ4n) is 2.81. The molecule has 1 atom stereocenters. The first-order valence-electron chi connectivity index (χ1n) is 6.84. The summed E-state index contributed by atoms with van der Waals surface area (Å²) in [7, 11) is -4.67.